The van der Waals surface area contributed by atoms with Crippen LogP contribution < -0.4 is 5.32 Å². The van der Waals surface area contributed by atoms with Crippen LogP contribution in [0.2, 0.25) is 0 Å². The number of nitrogens with one attached hydrogen (secondary N) is 2. The molecule has 7 heteroatoms. The molecule has 0 saturated carbocycles. The maximum atomic E-state index is 13.2. The first-order chi connectivity index (χ1) is 12.0. The molecule has 1 aromatic carbocycles. The molecule has 25 heavy (non-hydrogen) atoms. The molecule has 0 aliphatic rings. The van der Waals surface area contributed by atoms with Crippen molar-refractivity contribution < 1.29 is 23.5 Å². The summed E-state index contributed by atoms with van der Waals surface area (Å²) in [5.74, 6) is -1.40. The summed E-state index contributed by atoms with van der Waals surface area (Å²) in [6, 6.07) is 6.29. The zero-order valence-electron chi connectivity index (χ0n) is 13.5. The number of furan rings is 1. The van der Waals surface area contributed by atoms with Crippen LogP contribution in [0.1, 0.15) is 28.8 Å². The summed E-state index contributed by atoms with van der Waals surface area (Å²) in [6.45, 7) is 1.89. The molecule has 0 spiro atoms. The normalized spacial score (nSPS) is 12.2. The van der Waals surface area contributed by atoms with Crippen LogP contribution >= 0.6 is 0 Å². The van der Waals surface area contributed by atoms with Crippen molar-refractivity contribution in [2.24, 2.45) is 0 Å². The number of aromatic amines is 1. The van der Waals surface area contributed by atoms with Crippen molar-refractivity contribution in [2.75, 3.05) is 0 Å². The summed E-state index contributed by atoms with van der Waals surface area (Å²) in [5, 5.41) is 12.6. The quantitative estimate of drug-likeness (QED) is 0.641. The van der Waals surface area contributed by atoms with Crippen molar-refractivity contribution in [1.29, 1.82) is 0 Å². The summed E-state index contributed by atoms with van der Waals surface area (Å²) < 4.78 is 18.6. The van der Waals surface area contributed by atoms with E-state index in [9.17, 15) is 19.1 Å². The number of hydrogen-bond donors (Lipinski definition) is 3. The van der Waals surface area contributed by atoms with E-state index in [1.807, 2.05) is 6.92 Å². The molecule has 0 fully saturated rings. The predicted molar refractivity (Wildman–Crippen MR) is 88.9 cm³/mol. The lowest BCUT2D eigenvalue weighted by Crippen LogP contribution is -2.42. The minimum atomic E-state index is -1.16. The van der Waals surface area contributed by atoms with E-state index in [-0.39, 0.29) is 18.0 Å². The molecule has 1 atom stereocenters. The Kier molecular flexibility index (Phi) is 4.56. The number of carbonyl (C=O) groups excluding carboxylic acids is 1. The van der Waals surface area contributed by atoms with E-state index in [0.29, 0.717) is 28.6 Å². The Morgan fingerprint density at radius 1 is 1.32 bits per heavy atom. The summed E-state index contributed by atoms with van der Waals surface area (Å²) in [5.41, 5.74) is 1.25. The molecule has 3 rings (SSSR count). The number of benzene rings is 1. The largest absolute Gasteiger partial charge is 0.480 e. The molecule has 2 aromatic heterocycles. The van der Waals surface area contributed by atoms with Gasteiger partial charge in [0.15, 0.2) is 5.76 Å². The van der Waals surface area contributed by atoms with Crippen molar-refractivity contribution in [1.82, 2.24) is 10.3 Å². The number of aryl methyl sites for hydroxylation is 1. The second-order valence-corrected chi connectivity index (χ2v) is 5.69. The molecule has 0 aliphatic carbocycles. The Balaban J connectivity index is 1.78. The Bertz CT molecular complexity index is 928. The number of halogens is 1. The highest BCUT2D eigenvalue weighted by atomic mass is 19.1. The first-order valence-electron chi connectivity index (χ1n) is 7.85. The van der Waals surface area contributed by atoms with Crippen molar-refractivity contribution in [3.63, 3.8) is 0 Å². The minimum Gasteiger partial charge on any atom is -0.480 e. The van der Waals surface area contributed by atoms with Gasteiger partial charge >= 0.3 is 5.97 Å². The zero-order valence-corrected chi connectivity index (χ0v) is 13.5. The molecule has 6 nitrogen and oxygen atoms in total. The molecule has 0 radical (unpaired) electrons. The number of H-pyrrole nitrogens is 1. The van der Waals surface area contributed by atoms with E-state index < -0.39 is 17.9 Å². The van der Waals surface area contributed by atoms with Gasteiger partial charge in [-0.2, -0.15) is 0 Å². The molecular formula is C18H17FN2O4. The van der Waals surface area contributed by atoms with Crippen LogP contribution in [-0.2, 0) is 17.6 Å². The van der Waals surface area contributed by atoms with Crippen molar-refractivity contribution in [3.05, 3.63) is 59.4 Å². The summed E-state index contributed by atoms with van der Waals surface area (Å²) >= 11 is 0. The molecule has 3 aromatic rings. The average molecular weight is 344 g/mol. The summed E-state index contributed by atoms with van der Waals surface area (Å²) in [7, 11) is 0. The van der Waals surface area contributed by atoms with Crippen LogP contribution in [0.4, 0.5) is 4.39 Å². The summed E-state index contributed by atoms with van der Waals surface area (Å²) in [4.78, 5) is 26.6. The lowest BCUT2D eigenvalue weighted by Gasteiger charge is -2.13. The fourth-order valence-electron chi connectivity index (χ4n) is 2.67. The monoisotopic (exact) mass is 344 g/mol. The number of carboxylic acids is 1. The predicted octanol–water partition coefficient (Wildman–Crippen LogP) is 2.89. The van der Waals surface area contributed by atoms with Gasteiger partial charge in [0.1, 0.15) is 17.6 Å². The highest BCUT2D eigenvalue weighted by Crippen LogP contribution is 2.21. The number of hydrogen-bond acceptors (Lipinski definition) is 3. The molecule has 3 N–H and O–H groups in total. The van der Waals surface area contributed by atoms with Crippen molar-refractivity contribution >= 4 is 22.8 Å². The Hall–Kier alpha value is -3.09. The number of fused-ring (bicyclic) bond motifs is 1. The number of aromatic nitrogens is 1. The molecular weight excluding hydrogens is 327 g/mol. The first-order valence-corrected chi connectivity index (χ1v) is 7.85. The van der Waals surface area contributed by atoms with Crippen molar-refractivity contribution in [2.45, 2.75) is 25.8 Å². The molecule has 130 valence electrons. The number of rotatable bonds is 6. The lowest BCUT2D eigenvalue weighted by atomic mass is 10.0. The zero-order chi connectivity index (χ0) is 18.0. The van der Waals surface area contributed by atoms with Gasteiger partial charge in [-0.3, -0.25) is 4.79 Å². The Morgan fingerprint density at radius 2 is 2.12 bits per heavy atom. The fraction of sp³-hybridized carbons (Fsp3) is 0.222. The van der Waals surface area contributed by atoms with Gasteiger partial charge in [0, 0.05) is 29.9 Å². The van der Waals surface area contributed by atoms with Gasteiger partial charge in [-0.1, -0.05) is 6.92 Å². The standard InChI is InChI=1S/C18H17FN2O4/c1-2-12-4-6-16(25-12)17(22)21-15(18(23)24)7-10-9-20-14-8-11(19)3-5-13(10)14/h3-6,8-9,15,20H,2,7H2,1H3,(H,21,22)(H,23,24)/t15-/m1/s1. The van der Waals surface area contributed by atoms with E-state index in [2.05, 4.69) is 10.3 Å². The second kappa shape index (κ2) is 6.80. The van der Waals surface area contributed by atoms with Crippen LogP contribution in [0.25, 0.3) is 10.9 Å². The van der Waals surface area contributed by atoms with E-state index in [1.165, 1.54) is 18.2 Å². The number of carboxylic acid groups (broad SMARTS) is 1. The minimum absolute atomic E-state index is 0.0635. The van der Waals surface area contributed by atoms with Gasteiger partial charge in [0.25, 0.3) is 5.91 Å². The van der Waals surface area contributed by atoms with E-state index in [4.69, 9.17) is 4.42 Å². The molecule has 0 unspecified atom stereocenters. The fourth-order valence-corrected chi connectivity index (χ4v) is 2.67. The van der Waals surface area contributed by atoms with E-state index in [0.717, 1.165) is 0 Å². The third-order valence-electron chi connectivity index (χ3n) is 3.99. The molecule has 0 aliphatic heterocycles. The van der Waals surface area contributed by atoms with Crippen LogP contribution in [0.5, 0.6) is 0 Å². The first kappa shape index (κ1) is 16.8. The third-order valence-corrected chi connectivity index (χ3v) is 3.99. The van der Waals surface area contributed by atoms with Gasteiger partial charge in [0.05, 0.1) is 0 Å². The van der Waals surface area contributed by atoms with E-state index >= 15 is 0 Å². The number of amides is 1. The van der Waals surface area contributed by atoms with E-state index in [1.54, 1.807) is 18.3 Å². The average Bonchev–Trinajstić information content (AvgIpc) is 3.20. The molecule has 2 heterocycles. The lowest BCUT2D eigenvalue weighted by molar-refractivity contribution is -0.139. The van der Waals surface area contributed by atoms with Gasteiger partial charge < -0.3 is 19.8 Å². The highest BCUT2D eigenvalue weighted by Gasteiger charge is 2.24. The third kappa shape index (κ3) is 3.55. The summed E-state index contributed by atoms with van der Waals surface area (Å²) in [6.07, 6.45) is 2.32. The maximum Gasteiger partial charge on any atom is 0.326 e. The SMILES string of the molecule is CCc1ccc(C(=O)N[C@H](Cc2c[nH]c3cc(F)ccc23)C(=O)O)o1. The van der Waals surface area contributed by atoms with Crippen LogP contribution in [0, 0.1) is 5.82 Å². The second-order valence-electron chi connectivity index (χ2n) is 5.69. The smallest absolute Gasteiger partial charge is 0.326 e. The Morgan fingerprint density at radius 3 is 2.80 bits per heavy atom. The topological polar surface area (TPSA) is 95.3 Å². The van der Waals surface area contributed by atoms with Gasteiger partial charge in [-0.05, 0) is 35.9 Å². The molecule has 0 saturated heterocycles. The van der Waals surface area contributed by atoms with Gasteiger partial charge in [-0.25, -0.2) is 9.18 Å². The van der Waals surface area contributed by atoms with Crippen LogP contribution in [-0.4, -0.2) is 28.0 Å². The maximum absolute atomic E-state index is 13.2. The van der Waals surface area contributed by atoms with Crippen LogP contribution in [0.15, 0.2) is 40.9 Å². The number of aliphatic carboxylic acids is 1. The Labute approximate surface area is 142 Å². The highest BCUT2D eigenvalue weighted by molar-refractivity contribution is 5.94. The van der Waals surface area contributed by atoms with Crippen LogP contribution in [0.3, 0.4) is 0 Å². The number of carbonyl (C=O) groups is 2. The van der Waals surface area contributed by atoms with Crippen molar-refractivity contribution in [3.8, 4) is 0 Å². The van der Waals surface area contributed by atoms with Gasteiger partial charge in [-0.15, -0.1) is 0 Å². The molecule has 1 amide bonds. The molecule has 0 bridgehead atoms. The van der Waals surface area contributed by atoms with Gasteiger partial charge in [0.2, 0.25) is 0 Å².